The molecule has 25 heavy (non-hydrogen) atoms. The number of nitrogens with two attached hydrogens (primary N) is 1. The molecule has 0 atom stereocenters. The number of amides is 2. The van der Waals surface area contributed by atoms with Crippen molar-refractivity contribution in [1.82, 2.24) is 4.98 Å². The molecule has 0 bridgehead atoms. The smallest absolute Gasteiger partial charge is 0.318 e. The summed E-state index contributed by atoms with van der Waals surface area (Å²) in [7, 11) is -2.35. The number of benzene rings is 2. The van der Waals surface area contributed by atoms with Crippen LogP contribution in [0.15, 0.2) is 65.7 Å². The zero-order valence-corrected chi connectivity index (χ0v) is 14.2. The number of fused-ring (bicyclic) bond motifs is 1. The van der Waals surface area contributed by atoms with Crippen LogP contribution in [0.4, 0.5) is 16.2 Å². The number of nitrogens with zero attached hydrogens (tertiary/aromatic N) is 2. The lowest BCUT2D eigenvalue weighted by Gasteiger charge is -2.16. The molecule has 3 rings (SSSR count). The van der Waals surface area contributed by atoms with Crippen LogP contribution in [-0.2, 0) is 10.0 Å². The van der Waals surface area contributed by atoms with Crippen molar-refractivity contribution < 1.29 is 13.2 Å². The fourth-order valence-corrected chi connectivity index (χ4v) is 3.64. The summed E-state index contributed by atoms with van der Waals surface area (Å²) in [5, 5.41) is 0.729. The molecule has 0 saturated heterocycles. The first-order chi connectivity index (χ1) is 11.9. The summed E-state index contributed by atoms with van der Waals surface area (Å²) in [6.45, 7) is 0. The third-order valence-electron chi connectivity index (χ3n) is 3.70. The van der Waals surface area contributed by atoms with E-state index in [1.807, 2.05) is 0 Å². The Morgan fingerprint density at radius 1 is 1.12 bits per heavy atom. The molecule has 1 heterocycles. The molecule has 0 aliphatic rings. The number of para-hydroxylation sites is 1. The van der Waals surface area contributed by atoms with Crippen LogP contribution in [0, 0.1) is 0 Å². The van der Waals surface area contributed by atoms with E-state index < -0.39 is 16.1 Å². The quantitative estimate of drug-likeness (QED) is 0.749. The first-order valence-corrected chi connectivity index (χ1v) is 8.86. The molecule has 0 aliphatic heterocycles. The van der Waals surface area contributed by atoms with Crippen LogP contribution in [0.5, 0.6) is 0 Å². The highest BCUT2D eigenvalue weighted by atomic mass is 32.2. The minimum absolute atomic E-state index is 0.0826. The Kier molecular flexibility index (Phi) is 4.28. The van der Waals surface area contributed by atoms with Crippen LogP contribution in [0.3, 0.4) is 0 Å². The Morgan fingerprint density at radius 3 is 2.60 bits per heavy atom. The van der Waals surface area contributed by atoms with E-state index >= 15 is 0 Å². The van der Waals surface area contributed by atoms with Gasteiger partial charge in [0.1, 0.15) is 4.90 Å². The van der Waals surface area contributed by atoms with Gasteiger partial charge in [-0.05, 0) is 30.3 Å². The van der Waals surface area contributed by atoms with Gasteiger partial charge in [0.15, 0.2) is 0 Å². The largest absolute Gasteiger partial charge is 0.351 e. The van der Waals surface area contributed by atoms with Crippen molar-refractivity contribution in [3.05, 3.63) is 60.8 Å². The lowest BCUT2D eigenvalue weighted by molar-refractivity contribution is 0.255. The van der Waals surface area contributed by atoms with E-state index in [4.69, 9.17) is 5.73 Å². The van der Waals surface area contributed by atoms with Crippen molar-refractivity contribution in [3.63, 3.8) is 0 Å². The first-order valence-electron chi connectivity index (χ1n) is 7.38. The number of urea groups is 1. The topological polar surface area (TPSA) is 105 Å². The summed E-state index contributed by atoms with van der Waals surface area (Å²) in [5.41, 5.74) is 6.42. The molecule has 0 spiro atoms. The first kappa shape index (κ1) is 16.7. The number of pyridine rings is 1. The van der Waals surface area contributed by atoms with Crippen LogP contribution >= 0.6 is 0 Å². The van der Waals surface area contributed by atoms with E-state index in [2.05, 4.69) is 9.71 Å². The third kappa shape index (κ3) is 3.38. The zero-order valence-electron chi connectivity index (χ0n) is 13.4. The molecule has 0 saturated carbocycles. The highest BCUT2D eigenvalue weighted by Gasteiger charge is 2.18. The monoisotopic (exact) mass is 356 g/mol. The fraction of sp³-hybridized carbons (Fsp3) is 0.0588. The van der Waals surface area contributed by atoms with E-state index in [0.717, 1.165) is 5.39 Å². The molecular formula is C17H16N4O3S. The van der Waals surface area contributed by atoms with Crippen molar-refractivity contribution in [2.45, 2.75) is 4.90 Å². The van der Waals surface area contributed by atoms with Crippen molar-refractivity contribution >= 4 is 38.3 Å². The maximum atomic E-state index is 12.8. The Hall–Kier alpha value is -3.13. The molecule has 2 aromatic carbocycles. The molecule has 2 amide bonds. The maximum Gasteiger partial charge on any atom is 0.318 e. The Morgan fingerprint density at radius 2 is 1.84 bits per heavy atom. The summed E-state index contributed by atoms with van der Waals surface area (Å²) in [5.74, 6) is 0. The number of carbonyl (C=O) groups excluding carboxylic acids is 1. The van der Waals surface area contributed by atoms with Gasteiger partial charge in [-0.25, -0.2) is 13.2 Å². The van der Waals surface area contributed by atoms with Gasteiger partial charge in [-0.1, -0.05) is 24.3 Å². The zero-order chi connectivity index (χ0) is 18.0. The second-order valence-electron chi connectivity index (χ2n) is 5.38. The van der Waals surface area contributed by atoms with Gasteiger partial charge in [0, 0.05) is 24.3 Å². The predicted octanol–water partition coefficient (Wildman–Crippen LogP) is 2.55. The predicted molar refractivity (Wildman–Crippen MR) is 97.0 cm³/mol. The maximum absolute atomic E-state index is 12.8. The van der Waals surface area contributed by atoms with Gasteiger partial charge in [0.05, 0.1) is 11.2 Å². The molecule has 0 fully saturated rings. The lowest BCUT2D eigenvalue weighted by Crippen LogP contribution is -2.31. The van der Waals surface area contributed by atoms with E-state index in [0.29, 0.717) is 16.9 Å². The van der Waals surface area contributed by atoms with Gasteiger partial charge < -0.3 is 5.73 Å². The number of hydrogen-bond donors (Lipinski definition) is 2. The van der Waals surface area contributed by atoms with Gasteiger partial charge in [0.2, 0.25) is 0 Å². The summed E-state index contributed by atoms with van der Waals surface area (Å²) < 4.78 is 28.1. The number of sulfonamides is 1. The van der Waals surface area contributed by atoms with Crippen molar-refractivity contribution in [2.24, 2.45) is 5.73 Å². The number of rotatable bonds is 4. The number of primary amides is 1. The minimum Gasteiger partial charge on any atom is -0.351 e. The van der Waals surface area contributed by atoms with Crippen molar-refractivity contribution in [1.29, 1.82) is 0 Å². The summed E-state index contributed by atoms with van der Waals surface area (Å²) in [6, 6.07) is 14.3. The standard InChI is InChI=1S/C17H16N4O3S/c1-21(17(18)22)14-8-3-7-13(11-14)20-25(23,24)15-9-2-5-12-6-4-10-19-16(12)15/h2-11,20H,1H3,(H2,18,22). The molecule has 3 aromatic rings. The second-order valence-corrected chi connectivity index (χ2v) is 7.04. The van der Waals surface area contributed by atoms with Gasteiger partial charge in [-0.3, -0.25) is 14.6 Å². The van der Waals surface area contributed by atoms with E-state index in [-0.39, 0.29) is 4.90 Å². The van der Waals surface area contributed by atoms with Gasteiger partial charge in [0.25, 0.3) is 10.0 Å². The number of anilines is 2. The molecule has 1 aromatic heterocycles. The molecule has 0 unspecified atom stereocenters. The number of hydrogen-bond acceptors (Lipinski definition) is 4. The van der Waals surface area contributed by atoms with Crippen LogP contribution in [0.2, 0.25) is 0 Å². The van der Waals surface area contributed by atoms with Crippen LogP contribution in [-0.4, -0.2) is 26.5 Å². The molecule has 128 valence electrons. The highest BCUT2D eigenvalue weighted by molar-refractivity contribution is 7.93. The fourth-order valence-electron chi connectivity index (χ4n) is 2.41. The Bertz CT molecular complexity index is 1050. The molecule has 0 radical (unpaired) electrons. The van der Waals surface area contributed by atoms with E-state index in [9.17, 15) is 13.2 Å². The molecule has 7 nitrogen and oxygen atoms in total. The SMILES string of the molecule is CN(C(N)=O)c1cccc(NS(=O)(=O)c2cccc3cccnc23)c1. The Balaban J connectivity index is 1.99. The van der Waals surface area contributed by atoms with Gasteiger partial charge in [-0.15, -0.1) is 0 Å². The van der Waals surface area contributed by atoms with Gasteiger partial charge in [-0.2, -0.15) is 0 Å². The van der Waals surface area contributed by atoms with Crippen LogP contribution < -0.4 is 15.4 Å². The highest BCUT2D eigenvalue weighted by Crippen LogP contribution is 2.25. The average molecular weight is 356 g/mol. The third-order valence-corrected chi connectivity index (χ3v) is 5.11. The summed E-state index contributed by atoms with van der Waals surface area (Å²) in [4.78, 5) is 16.7. The van der Waals surface area contributed by atoms with E-state index in [1.165, 1.54) is 24.1 Å². The molecule has 0 aliphatic carbocycles. The molecule has 8 heteroatoms. The number of nitrogens with one attached hydrogen (secondary N) is 1. The normalized spacial score (nSPS) is 11.2. The average Bonchev–Trinajstić information content (AvgIpc) is 2.60. The minimum atomic E-state index is -3.85. The lowest BCUT2D eigenvalue weighted by atomic mass is 10.2. The van der Waals surface area contributed by atoms with Crippen molar-refractivity contribution in [3.8, 4) is 0 Å². The van der Waals surface area contributed by atoms with Crippen LogP contribution in [0.25, 0.3) is 10.9 Å². The molecule has 3 N–H and O–H groups in total. The Labute approximate surface area is 145 Å². The van der Waals surface area contributed by atoms with E-state index in [1.54, 1.807) is 48.7 Å². The van der Waals surface area contributed by atoms with Crippen LogP contribution in [0.1, 0.15) is 0 Å². The summed E-state index contributed by atoms with van der Waals surface area (Å²) >= 11 is 0. The van der Waals surface area contributed by atoms with Crippen molar-refractivity contribution in [2.75, 3.05) is 16.7 Å². The summed E-state index contributed by atoms with van der Waals surface area (Å²) in [6.07, 6.45) is 1.55. The number of carbonyl (C=O) groups is 1. The molecular weight excluding hydrogens is 340 g/mol. The van der Waals surface area contributed by atoms with Gasteiger partial charge >= 0.3 is 6.03 Å². The second kappa shape index (κ2) is 6.40. The number of aromatic nitrogens is 1.